The van der Waals surface area contributed by atoms with E-state index in [4.69, 9.17) is 0 Å². The van der Waals surface area contributed by atoms with Gasteiger partial charge >= 0.3 is 0 Å². The van der Waals surface area contributed by atoms with E-state index in [0.717, 1.165) is 12.8 Å². The molecular weight excluding hydrogens is 138 g/mol. The van der Waals surface area contributed by atoms with Crippen LogP contribution >= 0.6 is 0 Å². The van der Waals surface area contributed by atoms with E-state index in [1.165, 1.54) is 6.42 Å². The second kappa shape index (κ2) is 7.32. The predicted octanol–water partition coefficient (Wildman–Crippen LogP) is 2.61. The number of hydrogen-bond donors (Lipinski definition) is 0. The predicted molar refractivity (Wildman–Crippen MR) is 48.7 cm³/mol. The fraction of sp³-hybridized carbons (Fsp3) is 0.667. The first-order valence-electron chi connectivity index (χ1n) is 4.02. The van der Waals surface area contributed by atoms with E-state index in [1.807, 2.05) is 12.3 Å². The van der Waals surface area contributed by atoms with Crippen LogP contribution in [0.5, 0.6) is 0 Å². The van der Waals surface area contributed by atoms with E-state index >= 15 is 0 Å². The summed E-state index contributed by atoms with van der Waals surface area (Å²) in [6, 6.07) is 0. The third-order valence-corrected chi connectivity index (χ3v) is 1.51. The van der Waals surface area contributed by atoms with Crippen LogP contribution < -0.4 is 0 Å². The van der Waals surface area contributed by atoms with Crippen LogP contribution in [-0.4, -0.2) is 13.3 Å². The summed E-state index contributed by atoms with van der Waals surface area (Å²) < 4.78 is 0. The molecule has 0 saturated heterocycles. The first-order chi connectivity index (χ1) is 5.35. The zero-order valence-corrected chi connectivity index (χ0v) is 7.42. The highest BCUT2D eigenvalue weighted by Gasteiger charge is 2.00. The molecule has 0 rings (SSSR count). The molecule has 0 aromatic carbocycles. The first-order valence-corrected chi connectivity index (χ1v) is 4.02. The van der Waals surface area contributed by atoms with Gasteiger partial charge in [0.15, 0.2) is 0 Å². The molecule has 11 heavy (non-hydrogen) atoms. The van der Waals surface area contributed by atoms with Gasteiger partial charge in [-0.2, -0.15) is 0 Å². The van der Waals surface area contributed by atoms with Crippen molar-refractivity contribution < 1.29 is 4.84 Å². The lowest BCUT2D eigenvalue weighted by Crippen LogP contribution is -1.99. The van der Waals surface area contributed by atoms with Crippen molar-refractivity contribution in [2.24, 2.45) is 11.1 Å². The quantitative estimate of drug-likeness (QED) is 0.328. The molecule has 0 amide bonds. The molecular formula is C9H17NO. The Kier molecular flexibility index (Phi) is 6.79. The molecule has 0 N–H and O–H groups in total. The van der Waals surface area contributed by atoms with Crippen LogP contribution in [0.25, 0.3) is 0 Å². The van der Waals surface area contributed by atoms with E-state index in [9.17, 15) is 0 Å². The maximum absolute atomic E-state index is 4.60. The average molecular weight is 155 g/mol. The Morgan fingerprint density at radius 2 is 2.36 bits per heavy atom. The van der Waals surface area contributed by atoms with E-state index in [0.29, 0.717) is 5.92 Å². The minimum absolute atomic E-state index is 0.498. The van der Waals surface area contributed by atoms with Gasteiger partial charge in [-0.05, 0) is 12.8 Å². The van der Waals surface area contributed by atoms with Crippen LogP contribution in [0.4, 0.5) is 0 Å². The van der Waals surface area contributed by atoms with Gasteiger partial charge in [-0.3, -0.25) is 0 Å². The summed E-state index contributed by atoms with van der Waals surface area (Å²) in [5.74, 6) is 0.498. The van der Waals surface area contributed by atoms with Crippen LogP contribution in [0.3, 0.4) is 0 Å². The van der Waals surface area contributed by atoms with Crippen molar-refractivity contribution in [2.75, 3.05) is 7.11 Å². The molecule has 0 bridgehead atoms. The van der Waals surface area contributed by atoms with E-state index in [-0.39, 0.29) is 0 Å². The van der Waals surface area contributed by atoms with Gasteiger partial charge in [-0.15, -0.1) is 6.58 Å². The monoisotopic (exact) mass is 155 g/mol. The van der Waals surface area contributed by atoms with Gasteiger partial charge in [0.2, 0.25) is 0 Å². The molecule has 0 spiro atoms. The Morgan fingerprint density at radius 1 is 1.64 bits per heavy atom. The highest BCUT2D eigenvalue weighted by atomic mass is 16.6. The Hall–Kier alpha value is -0.790. The SMILES string of the molecule is C=CCC(/C=N/OC)CCC. The molecule has 0 heterocycles. The molecule has 1 unspecified atom stereocenters. The Morgan fingerprint density at radius 3 is 2.82 bits per heavy atom. The zero-order chi connectivity index (χ0) is 8.53. The number of rotatable bonds is 6. The van der Waals surface area contributed by atoms with E-state index in [2.05, 4.69) is 23.5 Å². The van der Waals surface area contributed by atoms with Gasteiger partial charge < -0.3 is 4.84 Å². The fourth-order valence-electron chi connectivity index (χ4n) is 0.985. The molecule has 0 aliphatic carbocycles. The molecule has 2 heteroatoms. The van der Waals surface area contributed by atoms with Crippen molar-refractivity contribution >= 4 is 6.21 Å². The van der Waals surface area contributed by atoms with Crippen molar-refractivity contribution in [3.05, 3.63) is 12.7 Å². The highest BCUT2D eigenvalue weighted by Crippen LogP contribution is 2.08. The second-order valence-electron chi connectivity index (χ2n) is 2.51. The van der Waals surface area contributed by atoms with Crippen molar-refractivity contribution in [3.8, 4) is 0 Å². The lowest BCUT2D eigenvalue weighted by atomic mass is 10.0. The van der Waals surface area contributed by atoms with Gasteiger partial charge in [0.25, 0.3) is 0 Å². The molecule has 1 atom stereocenters. The van der Waals surface area contributed by atoms with Gasteiger partial charge in [-0.25, -0.2) is 0 Å². The first kappa shape index (κ1) is 10.2. The third kappa shape index (κ3) is 5.64. The lowest BCUT2D eigenvalue weighted by Gasteiger charge is -2.05. The summed E-state index contributed by atoms with van der Waals surface area (Å²) in [6.45, 7) is 5.85. The zero-order valence-electron chi connectivity index (χ0n) is 7.42. The molecule has 0 aromatic rings. The number of allylic oxidation sites excluding steroid dienone is 1. The van der Waals surface area contributed by atoms with Crippen molar-refractivity contribution in [3.63, 3.8) is 0 Å². The van der Waals surface area contributed by atoms with Crippen LogP contribution in [-0.2, 0) is 4.84 Å². The van der Waals surface area contributed by atoms with Gasteiger partial charge in [-0.1, -0.05) is 24.6 Å². The van der Waals surface area contributed by atoms with Crippen molar-refractivity contribution in [2.45, 2.75) is 26.2 Å². The summed E-state index contributed by atoms with van der Waals surface area (Å²) in [4.78, 5) is 4.60. The molecule has 0 aliphatic rings. The standard InChI is InChI=1S/C9H17NO/c1-4-6-9(7-5-2)8-10-11-3/h4,8-9H,1,5-7H2,2-3H3/b10-8+. The van der Waals surface area contributed by atoms with Crippen LogP contribution in [0.2, 0.25) is 0 Å². The molecule has 0 fully saturated rings. The maximum atomic E-state index is 4.60. The summed E-state index contributed by atoms with van der Waals surface area (Å²) in [5, 5.41) is 3.74. The van der Waals surface area contributed by atoms with Crippen molar-refractivity contribution in [1.29, 1.82) is 0 Å². The minimum atomic E-state index is 0.498. The number of oxime groups is 1. The van der Waals surface area contributed by atoms with E-state index < -0.39 is 0 Å². The third-order valence-electron chi connectivity index (χ3n) is 1.51. The second-order valence-corrected chi connectivity index (χ2v) is 2.51. The molecule has 2 nitrogen and oxygen atoms in total. The van der Waals surface area contributed by atoms with Gasteiger partial charge in [0.1, 0.15) is 7.11 Å². The molecule has 0 radical (unpaired) electrons. The maximum Gasteiger partial charge on any atom is 0.106 e. The Labute approximate surface area is 68.9 Å². The topological polar surface area (TPSA) is 21.6 Å². The largest absolute Gasteiger partial charge is 0.399 e. The van der Waals surface area contributed by atoms with E-state index in [1.54, 1.807) is 7.11 Å². The Balaban J connectivity index is 3.67. The molecule has 0 aliphatic heterocycles. The van der Waals surface area contributed by atoms with Gasteiger partial charge in [0, 0.05) is 12.1 Å². The summed E-state index contributed by atoms with van der Waals surface area (Å²) >= 11 is 0. The van der Waals surface area contributed by atoms with Crippen LogP contribution in [0, 0.1) is 5.92 Å². The normalized spacial score (nSPS) is 13.3. The Bertz CT molecular complexity index is 121. The minimum Gasteiger partial charge on any atom is -0.399 e. The smallest absolute Gasteiger partial charge is 0.106 e. The molecule has 64 valence electrons. The fourth-order valence-corrected chi connectivity index (χ4v) is 0.985. The summed E-state index contributed by atoms with van der Waals surface area (Å²) in [5.41, 5.74) is 0. The van der Waals surface area contributed by atoms with Crippen LogP contribution in [0.15, 0.2) is 17.8 Å². The van der Waals surface area contributed by atoms with Crippen LogP contribution in [0.1, 0.15) is 26.2 Å². The average Bonchev–Trinajstić information content (AvgIpc) is 2.01. The summed E-state index contributed by atoms with van der Waals surface area (Å²) in [6.07, 6.45) is 7.08. The summed E-state index contributed by atoms with van der Waals surface area (Å²) in [7, 11) is 1.56. The van der Waals surface area contributed by atoms with Gasteiger partial charge in [0.05, 0.1) is 0 Å². The van der Waals surface area contributed by atoms with Crippen molar-refractivity contribution in [1.82, 2.24) is 0 Å². The number of hydrogen-bond acceptors (Lipinski definition) is 2. The molecule has 0 saturated carbocycles. The number of nitrogens with zero attached hydrogens (tertiary/aromatic N) is 1. The lowest BCUT2D eigenvalue weighted by molar-refractivity contribution is 0.213. The highest BCUT2D eigenvalue weighted by molar-refractivity contribution is 5.60. The molecule has 0 aromatic heterocycles.